The van der Waals surface area contributed by atoms with Crippen molar-refractivity contribution < 1.29 is 19.1 Å². The van der Waals surface area contributed by atoms with Crippen molar-refractivity contribution in [3.8, 4) is 0 Å². The van der Waals surface area contributed by atoms with Gasteiger partial charge in [-0.15, -0.1) is 0 Å². The molecule has 0 fully saturated rings. The fraction of sp³-hybridized carbons (Fsp3) is 0.318. The Bertz CT molecular complexity index is 729. The minimum Gasteiger partial charge on any atom is -0.468 e. The van der Waals surface area contributed by atoms with E-state index >= 15 is 0 Å². The molecular weight excluding hydrogens is 342 g/mol. The first-order valence-corrected chi connectivity index (χ1v) is 8.70. The Kier molecular flexibility index (Phi) is 6.88. The van der Waals surface area contributed by atoms with Gasteiger partial charge in [-0.1, -0.05) is 74.5 Å². The molecule has 0 bridgehead atoms. The van der Waals surface area contributed by atoms with E-state index in [2.05, 4.69) is 0 Å². The van der Waals surface area contributed by atoms with Crippen molar-refractivity contribution in [1.82, 2.24) is 0 Å². The zero-order valence-corrected chi connectivity index (χ0v) is 16.1. The lowest BCUT2D eigenvalue weighted by molar-refractivity contribution is -0.162. The van der Waals surface area contributed by atoms with Gasteiger partial charge in [0.15, 0.2) is 5.92 Å². The molecule has 0 aliphatic heterocycles. The molecule has 0 aliphatic rings. The number of benzene rings is 2. The third-order valence-electron chi connectivity index (χ3n) is 4.40. The van der Waals surface area contributed by atoms with Crippen LogP contribution >= 0.6 is 0 Å². The van der Waals surface area contributed by atoms with Gasteiger partial charge >= 0.3 is 11.9 Å². The molecule has 0 heterocycles. The Balaban J connectivity index is 2.42. The van der Waals surface area contributed by atoms with Crippen LogP contribution in [-0.4, -0.2) is 32.4 Å². The predicted molar refractivity (Wildman–Crippen MR) is 105 cm³/mol. The molecule has 142 valence electrons. The molecule has 0 unspecified atom stereocenters. The number of carbonyl (C=O) groups excluding carboxylic acids is 2. The Labute approximate surface area is 160 Å². The molecule has 0 spiro atoms. The first kappa shape index (κ1) is 20.4. The number of hydrogen-bond acceptors (Lipinski definition) is 5. The van der Waals surface area contributed by atoms with Gasteiger partial charge in [0, 0.05) is 11.6 Å². The number of aliphatic imine (C=N–C) groups is 1. The number of nitrogens with zero attached hydrogens (tertiary/aromatic N) is 1. The highest BCUT2D eigenvalue weighted by molar-refractivity contribution is 5.99. The molecule has 5 nitrogen and oxygen atoms in total. The minimum absolute atomic E-state index is 0.248. The number of methoxy groups -OCH3 is 2. The molecule has 27 heavy (non-hydrogen) atoms. The van der Waals surface area contributed by atoms with Gasteiger partial charge in [0.25, 0.3) is 0 Å². The van der Waals surface area contributed by atoms with E-state index < -0.39 is 23.3 Å². The molecule has 2 aromatic rings. The van der Waals surface area contributed by atoms with Crippen molar-refractivity contribution in [2.75, 3.05) is 14.2 Å². The highest BCUT2D eigenvalue weighted by Crippen LogP contribution is 2.31. The van der Waals surface area contributed by atoms with Crippen LogP contribution in [0.4, 0.5) is 0 Å². The number of hydrogen-bond donors (Lipinski definition) is 0. The average molecular weight is 367 g/mol. The highest BCUT2D eigenvalue weighted by atomic mass is 16.5. The van der Waals surface area contributed by atoms with E-state index in [-0.39, 0.29) is 6.04 Å². The monoisotopic (exact) mass is 367 g/mol. The van der Waals surface area contributed by atoms with Crippen LogP contribution < -0.4 is 0 Å². The summed E-state index contributed by atoms with van der Waals surface area (Å²) >= 11 is 0. The second-order valence-corrected chi connectivity index (χ2v) is 6.80. The van der Waals surface area contributed by atoms with Crippen molar-refractivity contribution >= 4 is 18.2 Å². The van der Waals surface area contributed by atoms with Crippen LogP contribution in [0.15, 0.2) is 65.7 Å². The Hall–Kier alpha value is -2.95. The van der Waals surface area contributed by atoms with Crippen LogP contribution in [-0.2, 0) is 19.1 Å². The topological polar surface area (TPSA) is 65.0 Å². The van der Waals surface area contributed by atoms with Crippen molar-refractivity contribution in [1.29, 1.82) is 0 Å². The van der Waals surface area contributed by atoms with E-state index in [9.17, 15) is 9.59 Å². The molecule has 0 amide bonds. The smallest absolute Gasteiger partial charge is 0.320 e. The zero-order valence-electron chi connectivity index (χ0n) is 16.1. The molecule has 0 radical (unpaired) electrons. The van der Waals surface area contributed by atoms with Gasteiger partial charge in [0.1, 0.15) is 0 Å². The van der Waals surface area contributed by atoms with Crippen molar-refractivity contribution in [3.63, 3.8) is 0 Å². The predicted octanol–water partition coefficient (Wildman–Crippen LogP) is 3.84. The lowest BCUT2D eigenvalue weighted by Gasteiger charge is -2.27. The molecule has 2 rings (SSSR count). The lowest BCUT2D eigenvalue weighted by atomic mass is 9.79. The largest absolute Gasteiger partial charge is 0.468 e. The Morgan fingerprint density at radius 1 is 0.852 bits per heavy atom. The van der Waals surface area contributed by atoms with Crippen molar-refractivity contribution in [2.45, 2.75) is 19.9 Å². The Morgan fingerprint density at radius 3 is 1.63 bits per heavy atom. The maximum absolute atomic E-state index is 12.2. The number of esters is 2. The van der Waals surface area contributed by atoms with Gasteiger partial charge in [0.05, 0.1) is 20.3 Å². The van der Waals surface area contributed by atoms with Gasteiger partial charge < -0.3 is 9.47 Å². The van der Waals surface area contributed by atoms with Crippen LogP contribution in [0.25, 0.3) is 0 Å². The van der Waals surface area contributed by atoms with E-state index in [1.807, 2.05) is 60.7 Å². The van der Waals surface area contributed by atoms with Crippen LogP contribution in [0.5, 0.6) is 0 Å². The fourth-order valence-electron chi connectivity index (χ4n) is 2.92. The average Bonchev–Trinajstić information content (AvgIpc) is 2.69. The maximum Gasteiger partial charge on any atom is 0.320 e. The molecule has 0 aromatic heterocycles. The summed E-state index contributed by atoms with van der Waals surface area (Å²) in [7, 11) is 2.50. The standard InChI is InChI=1S/C22H25NO4/c1-22(2,18(20(24)26-3)21(25)27-4)15-23-19(16-11-7-5-8-12-16)17-13-9-6-10-14-17/h5-15,18-19H,1-4H3. The Morgan fingerprint density at radius 2 is 1.26 bits per heavy atom. The van der Waals surface area contributed by atoms with Gasteiger partial charge in [0.2, 0.25) is 0 Å². The van der Waals surface area contributed by atoms with Crippen LogP contribution in [0, 0.1) is 11.3 Å². The quantitative estimate of drug-likeness (QED) is 0.424. The molecular formula is C22H25NO4. The van der Waals surface area contributed by atoms with E-state index in [1.165, 1.54) is 14.2 Å². The van der Waals surface area contributed by atoms with Crippen LogP contribution in [0.1, 0.15) is 31.0 Å². The van der Waals surface area contributed by atoms with Gasteiger partial charge in [-0.25, -0.2) is 0 Å². The molecule has 5 heteroatoms. The van der Waals surface area contributed by atoms with E-state index in [4.69, 9.17) is 14.5 Å². The van der Waals surface area contributed by atoms with E-state index in [1.54, 1.807) is 20.1 Å². The fourth-order valence-corrected chi connectivity index (χ4v) is 2.92. The first-order chi connectivity index (χ1) is 12.9. The second-order valence-electron chi connectivity index (χ2n) is 6.80. The summed E-state index contributed by atoms with van der Waals surface area (Å²) in [5.41, 5.74) is 1.15. The number of carbonyl (C=O) groups is 2. The van der Waals surface area contributed by atoms with E-state index in [0.29, 0.717) is 0 Å². The molecule has 0 atom stereocenters. The maximum atomic E-state index is 12.2. The normalized spacial score (nSPS) is 11.8. The summed E-state index contributed by atoms with van der Waals surface area (Å²) in [6.45, 7) is 3.53. The number of rotatable bonds is 7. The van der Waals surface area contributed by atoms with Gasteiger partial charge in [-0.3, -0.25) is 14.6 Å². The molecule has 2 aromatic carbocycles. The molecule has 0 N–H and O–H groups in total. The third-order valence-corrected chi connectivity index (χ3v) is 4.40. The second kappa shape index (κ2) is 9.12. The molecule has 0 aliphatic carbocycles. The van der Waals surface area contributed by atoms with Gasteiger partial charge in [-0.05, 0) is 11.1 Å². The zero-order chi connectivity index (χ0) is 19.9. The summed E-state index contributed by atoms with van der Waals surface area (Å²) in [5, 5.41) is 0. The third kappa shape index (κ3) is 5.03. The minimum atomic E-state index is -1.09. The lowest BCUT2D eigenvalue weighted by Crippen LogP contribution is -2.40. The van der Waals surface area contributed by atoms with E-state index in [0.717, 1.165) is 11.1 Å². The van der Waals surface area contributed by atoms with Crippen molar-refractivity contribution in [3.05, 3.63) is 71.8 Å². The summed E-state index contributed by atoms with van der Waals surface area (Å²) < 4.78 is 9.59. The van der Waals surface area contributed by atoms with Crippen LogP contribution in [0.2, 0.25) is 0 Å². The summed E-state index contributed by atoms with van der Waals surface area (Å²) in [6.07, 6.45) is 1.65. The molecule has 0 saturated carbocycles. The SMILES string of the molecule is COC(=O)C(C(=O)OC)C(C)(C)C=NC(c1ccccc1)c1ccccc1. The van der Waals surface area contributed by atoms with Gasteiger partial charge in [-0.2, -0.15) is 0 Å². The summed E-state index contributed by atoms with van der Waals surface area (Å²) in [4.78, 5) is 29.1. The number of ether oxygens (including phenoxy) is 2. The first-order valence-electron chi connectivity index (χ1n) is 8.70. The van der Waals surface area contributed by atoms with Crippen molar-refractivity contribution in [2.24, 2.45) is 16.3 Å². The summed E-state index contributed by atoms with van der Waals surface area (Å²) in [6, 6.07) is 19.5. The summed E-state index contributed by atoms with van der Waals surface area (Å²) in [5.74, 6) is -2.38. The highest BCUT2D eigenvalue weighted by Gasteiger charge is 2.42. The van der Waals surface area contributed by atoms with Crippen LogP contribution in [0.3, 0.4) is 0 Å². The molecule has 0 saturated heterocycles.